The summed E-state index contributed by atoms with van der Waals surface area (Å²) in [6, 6.07) is 5.92. The van der Waals surface area contributed by atoms with E-state index in [1.54, 1.807) is 18.6 Å². The van der Waals surface area contributed by atoms with E-state index in [-0.39, 0.29) is 12.1 Å². The van der Waals surface area contributed by atoms with Gasteiger partial charge in [-0.3, -0.25) is 15.0 Å². The molecule has 0 aliphatic carbocycles. The predicted octanol–water partition coefficient (Wildman–Crippen LogP) is 4.26. The Hall–Kier alpha value is -3.37. The van der Waals surface area contributed by atoms with E-state index in [9.17, 15) is 0 Å². The van der Waals surface area contributed by atoms with Gasteiger partial charge in [0.15, 0.2) is 5.69 Å². The first-order valence-corrected chi connectivity index (χ1v) is 9.76. The highest BCUT2D eigenvalue weighted by molar-refractivity contribution is 6.03. The molecule has 7 nitrogen and oxygen atoms in total. The van der Waals surface area contributed by atoms with Crippen molar-refractivity contribution in [2.24, 2.45) is 0 Å². The molecule has 7 heteroatoms. The number of imidazole rings is 1. The first-order valence-electron chi connectivity index (χ1n) is 9.76. The fourth-order valence-electron chi connectivity index (χ4n) is 4.19. The maximum atomic E-state index is 7.41. The quantitative estimate of drug-likeness (QED) is 0.494. The van der Waals surface area contributed by atoms with Crippen LogP contribution in [0.3, 0.4) is 0 Å². The molecule has 1 saturated heterocycles. The molecule has 2 atom stereocenters. The van der Waals surface area contributed by atoms with Gasteiger partial charge in [0, 0.05) is 43.0 Å². The molecule has 1 aromatic carbocycles. The first-order chi connectivity index (χ1) is 14.2. The zero-order valence-electron chi connectivity index (χ0n) is 16.1. The van der Waals surface area contributed by atoms with E-state index in [0.29, 0.717) is 12.1 Å². The molecule has 1 aliphatic rings. The van der Waals surface area contributed by atoms with Crippen molar-refractivity contribution >= 4 is 27.6 Å². The summed E-state index contributed by atoms with van der Waals surface area (Å²) >= 11 is 0. The van der Waals surface area contributed by atoms with E-state index in [1.165, 1.54) is 0 Å². The predicted molar refractivity (Wildman–Crippen MR) is 110 cm³/mol. The zero-order valence-corrected chi connectivity index (χ0v) is 16.1. The van der Waals surface area contributed by atoms with Crippen LogP contribution in [0.25, 0.3) is 26.8 Å². The highest BCUT2D eigenvalue weighted by Gasteiger charge is 2.26. The molecule has 0 unspecified atom stereocenters. The summed E-state index contributed by atoms with van der Waals surface area (Å²) in [7, 11) is 0. The van der Waals surface area contributed by atoms with Crippen molar-refractivity contribution in [1.29, 1.82) is 0 Å². The summed E-state index contributed by atoms with van der Waals surface area (Å²) in [4.78, 5) is 21.7. The minimum Gasteiger partial charge on any atom is -0.378 e. The Morgan fingerprint density at radius 2 is 2.14 bits per heavy atom. The van der Waals surface area contributed by atoms with Crippen molar-refractivity contribution in [3.05, 3.63) is 65.9 Å². The molecule has 144 valence electrons. The standard InChI is InChI=1S/C22H20N6O/c1-14-9-17(5-8-29-14)28-21(11-16-12-24-6-7-25-16)27-20-13-26-19-4-3-15(23-2)10-18(19)22(20)28/h3-4,6-7,10,12-14,17H,5,8-9,11H2,1H3/t14-,17-/m1/s1. The number of rotatable bonds is 3. The van der Waals surface area contributed by atoms with Crippen molar-refractivity contribution in [2.45, 2.75) is 38.3 Å². The topological polar surface area (TPSA) is 70.1 Å². The summed E-state index contributed by atoms with van der Waals surface area (Å²) < 4.78 is 8.13. The normalized spacial score (nSPS) is 19.4. The molecule has 0 radical (unpaired) electrons. The average molecular weight is 384 g/mol. The fourth-order valence-corrected chi connectivity index (χ4v) is 4.19. The molecular formula is C22H20N6O. The maximum Gasteiger partial charge on any atom is 0.188 e. The number of hydrogen-bond donors (Lipinski definition) is 0. The van der Waals surface area contributed by atoms with Crippen molar-refractivity contribution in [3.8, 4) is 0 Å². The molecule has 0 spiro atoms. The lowest BCUT2D eigenvalue weighted by molar-refractivity contribution is 0.00631. The summed E-state index contributed by atoms with van der Waals surface area (Å²) in [5.41, 5.74) is 4.24. The minimum atomic E-state index is 0.197. The van der Waals surface area contributed by atoms with Crippen LogP contribution in [0.5, 0.6) is 0 Å². The van der Waals surface area contributed by atoms with Crippen LogP contribution in [0.15, 0.2) is 43.0 Å². The Labute approximate surface area is 168 Å². The van der Waals surface area contributed by atoms with E-state index < -0.39 is 0 Å². The Bertz CT molecular complexity index is 1230. The number of pyridine rings is 1. The molecule has 4 heterocycles. The fraction of sp³-hybridized carbons (Fsp3) is 0.318. The molecule has 0 saturated carbocycles. The lowest BCUT2D eigenvalue weighted by atomic mass is 10.0. The smallest absolute Gasteiger partial charge is 0.188 e. The first kappa shape index (κ1) is 17.7. The van der Waals surface area contributed by atoms with Gasteiger partial charge >= 0.3 is 0 Å². The number of fused-ring (bicyclic) bond motifs is 3. The van der Waals surface area contributed by atoms with Gasteiger partial charge in [0.1, 0.15) is 11.3 Å². The van der Waals surface area contributed by atoms with Gasteiger partial charge in [-0.25, -0.2) is 9.83 Å². The lowest BCUT2D eigenvalue weighted by Gasteiger charge is -2.30. The number of nitrogens with zero attached hydrogens (tertiary/aromatic N) is 6. The molecule has 1 fully saturated rings. The Balaban J connectivity index is 1.76. The molecule has 4 aromatic rings. The van der Waals surface area contributed by atoms with E-state index >= 15 is 0 Å². The molecule has 0 N–H and O–H groups in total. The van der Waals surface area contributed by atoms with Gasteiger partial charge in [-0.1, -0.05) is 6.07 Å². The van der Waals surface area contributed by atoms with E-state index in [2.05, 4.69) is 31.3 Å². The van der Waals surface area contributed by atoms with Crippen molar-refractivity contribution in [3.63, 3.8) is 0 Å². The molecule has 0 bridgehead atoms. The van der Waals surface area contributed by atoms with Gasteiger partial charge in [0.2, 0.25) is 0 Å². The Morgan fingerprint density at radius 1 is 1.21 bits per heavy atom. The summed E-state index contributed by atoms with van der Waals surface area (Å²) in [6.07, 6.45) is 9.63. The third kappa shape index (κ3) is 3.22. The Morgan fingerprint density at radius 3 is 2.93 bits per heavy atom. The minimum absolute atomic E-state index is 0.197. The lowest BCUT2D eigenvalue weighted by Crippen LogP contribution is -2.26. The number of hydrogen-bond acceptors (Lipinski definition) is 5. The third-order valence-corrected chi connectivity index (χ3v) is 5.48. The third-order valence-electron chi connectivity index (χ3n) is 5.48. The van der Waals surface area contributed by atoms with Crippen molar-refractivity contribution in [2.75, 3.05) is 6.61 Å². The van der Waals surface area contributed by atoms with Gasteiger partial charge < -0.3 is 9.30 Å². The van der Waals surface area contributed by atoms with Crippen LogP contribution < -0.4 is 0 Å². The van der Waals surface area contributed by atoms with Crippen LogP contribution in [0, 0.1) is 6.57 Å². The van der Waals surface area contributed by atoms with Gasteiger partial charge in [0.25, 0.3) is 0 Å². The van der Waals surface area contributed by atoms with Crippen LogP contribution in [0.1, 0.15) is 37.3 Å². The van der Waals surface area contributed by atoms with Crippen molar-refractivity contribution < 1.29 is 4.74 Å². The molecule has 0 amide bonds. The largest absolute Gasteiger partial charge is 0.378 e. The summed E-state index contributed by atoms with van der Waals surface area (Å²) in [5.74, 6) is 0.946. The van der Waals surface area contributed by atoms with Gasteiger partial charge in [-0.05, 0) is 31.9 Å². The highest BCUT2D eigenvalue weighted by atomic mass is 16.5. The summed E-state index contributed by atoms with van der Waals surface area (Å²) in [6.45, 7) is 10.3. The average Bonchev–Trinajstić information content (AvgIpc) is 3.12. The van der Waals surface area contributed by atoms with Crippen LogP contribution in [-0.4, -0.2) is 37.2 Å². The second-order valence-corrected chi connectivity index (χ2v) is 7.44. The van der Waals surface area contributed by atoms with E-state index in [0.717, 1.165) is 52.9 Å². The second-order valence-electron chi connectivity index (χ2n) is 7.44. The Kier molecular flexibility index (Phi) is 4.41. The van der Waals surface area contributed by atoms with Crippen LogP contribution in [-0.2, 0) is 11.2 Å². The SMILES string of the molecule is [C-]#[N+]c1ccc2ncc3nc(Cc4cnccn4)n([C@@H]4CCO[C@H](C)C4)c3c2c1. The van der Waals surface area contributed by atoms with Crippen LogP contribution >= 0.6 is 0 Å². The molecule has 29 heavy (non-hydrogen) atoms. The van der Waals surface area contributed by atoms with Crippen LogP contribution in [0.2, 0.25) is 0 Å². The van der Waals surface area contributed by atoms with Crippen molar-refractivity contribution in [1.82, 2.24) is 24.5 Å². The van der Waals surface area contributed by atoms with Crippen LogP contribution in [0.4, 0.5) is 5.69 Å². The number of aromatic nitrogens is 5. The monoisotopic (exact) mass is 384 g/mol. The van der Waals surface area contributed by atoms with Gasteiger partial charge in [-0.2, -0.15) is 0 Å². The highest BCUT2D eigenvalue weighted by Crippen LogP contribution is 2.35. The molecule has 3 aromatic heterocycles. The number of ether oxygens (including phenoxy) is 1. The van der Waals surface area contributed by atoms with E-state index in [4.69, 9.17) is 16.3 Å². The van der Waals surface area contributed by atoms with E-state index in [1.807, 2.05) is 24.4 Å². The summed E-state index contributed by atoms with van der Waals surface area (Å²) in [5, 5.41) is 0.966. The molecule has 1 aliphatic heterocycles. The van der Waals surface area contributed by atoms with Gasteiger partial charge in [-0.15, -0.1) is 0 Å². The maximum absolute atomic E-state index is 7.41. The molecule has 5 rings (SSSR count). The van der Waals surface area contributed by atoms with Gasteiger partial charge in [0.05, 0.1) is 35.6 Å². The number of benzene rings is 1. The zero-order chi connectivity index (χ0) is 19.8. The second kappa shape index (κ2) is 7.22. The molecular weight excluding hydrogens is 364 g/mol.